The number of rotatable bonds is 4. The highest BCUT2D eigenvalue weighted by Crippen LogP contribution is 2.32. The first kappa shape index (κ1) is 14.0. The quantitative estimate of drug-likeness (QED) is 0.576. The predicted octanol–water partition coefficient (Wildman–Crippen LogP) is 1.09. The summed E-state index contributed by atoms with van der Waals surface area (Å²) >= 11 is 3.51. The lowest BCUT2D eigenvalue weighted by Gasteiger charge is -2.20. The number of nitrogens with one attached hydrogen (secondary N) is 1. The van der Waals surface area contributed by atoms with E-state index in [0.717, 1.165) is 15.7 Å². The lowest BCUT2D eigenvalue weighted by Crippen LogP contribution is -2.31. The summed E-state index contributed by atoms with van der Waals surface area (Å²) in [4.78, 5) is 0. The third-order valence-electron chi connectivity index (χ3n) is 3.04. The van der Waals surface area contributed by atoms with E-state index in [1.165, 1.54) is 0 Å². The molecule has 0 radical (unpaired) electrons. The van der Waals surface area contributed by atoms with Gasteiger partial charge in [0.2, 0.25) is 0 Å². The number of nitrogen functional groups attached to an aromatic ring is 1. The minimum atomic E-state index is -0.270. The van der Waals surface area contributed by atoms with E-state index in [1.54, 1.807) is 24.1 Å². The van der Waals surface area contributed by atoms with Gasteiger partial charge in [-0.25, -0.2) is 5.43 Å². The lowest BCUT2D eigenvalue weighted by atomic mass is 10.1. The SMILES string of the molecule is CC(C)n1ncc(Br)c1C(NN)c1cnn(C)c1N. The zero-order chi connectivity index (χ0) is 14.2. The van der Waals surface area contributed by atoms with Crippen molar-refractivity contribution in [1.29, 1.82) is 0 Å². The van der Waals surface area contributed by atoms with Gasteiger partial charge in [0, 0.05) is 18.7 Å². The number of nitrogens with zero attached hydrogens (tertiary/aromatic N) is 4. The average molecular weight is 328 g/mol. The van der Waals surface area contributed by atoms with Crippen molar-refractivity contribution in [2.45, 2.75) is 25.9 Å². The Labute approximate surface area is 120 Å². The van der Waals surface area contributed by atoms with Crippen LogP contribution in [0.4, 0.5) is 5.82 Å². The molecule has 1 unspecified atom stereocenters. The van der Waals surface area contributed by atoms with Gasteiger partial charge in [-0.2, -0.15) is 10.2 Å². The highest BCUT2D eigenvalue weighted by Gasteiger charge is 2.25. The third-order valence-corrected chi connectivity index (χ3v) is 3.65. The second-order valence-corrected chi connectivity index (χ2v) is 5.48. The lowest BCUT2D eigenvalue weighted by molar-refractivity contribution is 0.475. The molecule has 0 aromatic carbocycles. The summed E-state index contributed by atoms with van der Waals surface area (Å²) < 4.78 is 4.40. The van der Waals surface area contributed by atoms with Crippen molar-refractivity contribution >= 4 is 21.7 Å². The molecule has 0 saturated carbocycles. The number of anilines is 1. The largest absolute Gasteiger partial charge is 0.384 e. The zero-order valence-electron chi connectivity index (χ0n) is 11.1. The molecule has 2 aromatic rings. The fourth-order valence-electron chi connectivity index (χ4n) is 2.03. The Morgan fingerprint density at radius 2 is 2.00 bits per heavy atom. The maximum absolute atomic E-state index is 6.02. The summed E-state index contributed by atoms with van der Waals surface area (Å²) in [6.45, 7) is 4.12. The minimum Gasteiger partial charge on any atom is -0.384 e. The van der Waals surface area contributed by atoms with E-state index >= 15 is 0 Å². The van der Waals surface area contributed by atoms with Crippen molar-refractivity contribution < 1.29 is 0 Å². The standard InChI is InChI=1S/C11H18BrN7/c1-6(2)19-10(8(12)5-16-19)9(17-14)7-4-15-18(3)11(7)13/h4-6,9,17H,13-14H2,1-3H3. The normalized spacial score (nSPS) is 13.2. The first-order chi connectivity index (χ1) is 8.97. The molecule has 5 N–H and O–H groups in total. The number of aromatic nitrogens is 4. The van der Waals surface area contributed by atoms with Crippen molar-refractivity contribution in [3.63, 3.8) is 0 Å². The fourth-order valence-corrected chi connectivity index (χ4v) is 2.54. The molecule has 0 aliphatic heterocycles. The van der Waals surface area contributed by atoms with Crippen LogP contribution in [0.5, 0.6) is 0 Å². The van der Waals surface area contributed by atoms with Crippen molar-refractivity contribution in [3.8, 4) is 0 Å². The van der Waals surface area contributed by atoms with Crippen LogP contribution in [0, 0.1) is 0 Å². The van der Waals surface area contributed by atoms with E-state index in [-0.39, 0.29) is 12.1 Å². The van der Waals surface area contributed by atoms with E-state index in [1.807, 2.05) is 4.68 Å². The number of hydrogen-bond acceptors (Lipinski definition) is 5. The van der Waals surface area contributed by atoms with Gasteiger partial charge in [-0.15, -0.1) is 0 Å². The molecular weight excluding hydrogens is 310 g/mol. The number of hydrogen-bond donors (Lipinski definition) is 3. The fraction of sp³-hybridized carbons (Fsp3) is 0.455. The van der Waals surface area contributed by atoms with Crippen LogP contribution in [0.2, 0.25) is 0 Å². The molecule has 104 valence electrons. The van der Waals surface area contributed by atoms with Crippen LogP contribution in [0.25, 0.3) is 0 Å². The second kappa shape index (κ2) is 5.32. The molecule has 7 nitrogen and oxygen atoms in total. The summed E-state index contributed by atoms with van der Waals surface area (Å²) in [6, 6.07) is -0.0528. The molecule has 2 rings (SSSR count). The van der Waals surface area contributed by atoms with Gasteiger partial charge in [0.15, 0.2) is 0 Å². The highest BCUT2D eigenvalue weighted by molar-refractivity contribution is 9.10. The molecule has 0 saturated heterocycles. The monoisotopic (exact) mass is 327 g/mol. The summed E-state index contributed by atoms with van der Waals surface area (Å²) in [5.74, 6) is 6.28. The molecule has 0 bridgehead atoms. The van der Waals surface area contributed by atoms with Gasteiger partial charge in [-0.3, -0.25) is 15.2 Å². The van der Waals surface area contributed by atoms with E-state index in [4.69, 9.17) is 11.6 Å². The van der Waals surface area contributed by atoms with Crippen LogP contribution >= 0.6 is 15.9 Å². The maximum atomic E-state index is 6.02. The Balaban J connectivity index is 2.54. The van der Waals surface area contributed by atoms with Crippen molar-refractivity contribution in [2.24, 2.45) is 12.9 Å². The topological polar surface area (TPSA) is 99.7 Å². The molecular formula is C11H18BrN7. The van der Waals surface area contributed by atoms with E-state index in [2.05, 4.69) is 45.4 Å². The van der Waals surface area contributed by atoms with Gasteiger partial charge < -0.3 is 5.73 Å². The predicted molar refractivity (Wildman–Crippen MR) is 77.1 cm³/mol. The molecule has 19 heavy (non-hydrogen) atoms. The van der Waals surface area contributed by atoms with Crippen LogP contribution in [0.15, 0.2) is 16.9 Å². The van der Waals surface area contributed by atoms with Crippen LogP contribution < -0.4 is 17.0 Å². The first-order valence-electron chi connectivity index (χ1n) is 5.93. The van der Waals surface area contributed by atoms with Gasteiger partial charge in [0.1, 0.15) is 5.82 Å². The van der Waals surface area contributed by atoms with Crippen molar-refractivity contribution in [3.05, 3.63) is 28.1 Å². The van der Waals surface area contributed by atoms with Gasteiger partial charge in [-0.1, -0.05) is 0 Å². The van der Waals surface area contributed by atoms with E-state index in [0.29, 0.717) is 5.82 Å². The Morgan fingerprint density at radius 1 is 1.32 bits per heavy atom. The molecule has 0 spiro atoms. The third kappa shape index (κ3) is 2.38. The van der Waals surface area contributed by atoms with Crippen LogP contribution in [-0.4, -0.2) is 19.6 Å². The van der Waals surface area contributed by atoms with E-state index < -0.39 is 0 Å². The highest BCUT2D eigenvalue weighted by atomic mass is 79.9. The zero-order valence-corrected chi connectivity index (χ0v) is 12.7. The second-order valence-electron chi connectivity index (χ2n) is 4.62. The van der Waals surface area contributed by atoms with Crippen molar-refractivity contribution in [2.75, 3.05) is 5.73 Å². The van der Waals surface area contributed by atoms with Crippen LogP contribution in [-0.2, 0) is 7.05 Å². The Morgan fingerprint density at radius 3 is 2.47 bits per heavy atom. The van der Waals surface area contributed by atoms with Gasteiger partial charge >= 0.3 is 0 Å². The van der Waals surface area contributed by atoms with Crippen LogP contribution in [0.1, 0.15) is 37.2 Å². The number of aryl methyl sites for hydroxylation is 1. The smallest absolute Gasteiger partial charge is 0.126 e. The molecule has 0 aliphatic rings. The molecule has 1 atom stereocenters. The minimum absolute atomic E-state index is 0.218. The molecule has 8 heteroatoms. The van der Waals surface area contributed by atoms with Gasteiger partial charge in [0.05, 0.1) is 28.6 Å². The summed E-state index contributed by atoms with van der Waals surface area (Å²) in [5.41, 5.74) is 10.6. The number of hydrazine groups is 1. The first-order valence-corrected chi connectivity index (χ1v) is 6.73. The summed E-state index contributed by atoms with van der Waals surface area (Å²) in [7, 11) is 1.79. The molecule has 2 aromatic heterocycles. The summed E-state index contributed by atoms with van der Waals surface area (Å²) in [5, 5.41) is 8.50. The Hall–Kier alpha value is -1.38. The number of nitrogens with two attached hydrogens (primary N) is 2. The maximum Gasteiger partial charge on any atom is 0.126 e. The molecule has 0 aliphatic carbocycles. The van der Waals surface area contributed by atoms with Crippen molar-refractivity contribution in [1.82, 2.24) is 25.0 Å². The van der Waals surface area contributed by atoms with Gasteiger partial charge in [-0.05, 0) is 29.8 Å². The number of halogens is 1. The molecule has 0 fully saturated rings. The molecule has 2 heterocycles. The average Bonchev–Trinajstić information content (AvgIpc) is 2.89. The molecule has 0 amide bonds. The van der Waals surface area contributed by atoms with Crippen LogP contribution in [0.3, 0.4) is 0 Å². The van der Waals surface area contributed by atoms with Gasteiger partial charge in [0.25, 0.3) is 0 Å². The Bertz CT molecular complexity index is 572. The Kier molecular flexibility index (Phi) is 3.93. The summed E-state index contributed by atoms with van der Waals surface area (Å²) in [6.07, 6.45) is 3.47. The van der Waals surface area contributed by atoms with E-state index in [9.17, 15) is 0 Å².